The van der Waals surface area contributed by atoms with Crippen LogP contribution in [0.1, 0.15) is 18.5 Å². The minimum Gasteiger partial charge on any atom is -0.368 e. The van der Waals surface area contributed by atoms with Crippen molar-refractivity contribution in [1.29, 1.82) is 0 Å². The molecule has 1 amide bonds. The molecular formula is C10H15N3OS2. The minimum absolute atomic E-state index is 0.235. The van der Waals surface area contributed by atoms with Crippen molar-refractivity contribution in [3.8, 4) is 0 Å². The van der Waals surface area contributed by atoms with Crippen LogP contribution in [0, 0.1) is 6.92 Å². The van der Waals surface area contributed by atoms with Crippen LogP contribution in [-0.2, 0) is 4.79 Å². The number of hydrogen-bond acceptors (Lipinski definition) is 5. The zero-order valence-corrected chi connectivity index (χ0v) is 10.7. The topological polar surface area (TPSA) is 68.0 Å². The molecule has 1 aliphatic carbocycles. The van der Waals surface area contributed by atoms with Crippen LogP contribution in [0.2, 0.25) is 0 Å². The van der Waals surface area contributed by atoms with Crippen molar-refractivity contribution in [2.75, 3.05) is 5.75 Å². The fraction of sp³-hybridized carbons (Fsp3) is 0.600. The Labute approximate surface area is 103 Å². The first-order chi connectivity index (χ1) is 7.65. The first kappa shape index (κ1) is 11.9. The number of nitrogens with zero attached hydrogens (tertiary/aromatic N) is 1. The Morgan fingerprint density at radius 1 is 1.81 bits per heavy atom. The highest BCUT2D eigenvalue weighted by atomic mass is 32.2. The van der Waals surface area contributed by atoms with Gasteiger partial charge in [-0.15, -0.1) is 11.3 Å². The lowest BCUT2D eigenvalue weighted by Gasteiger charge is -2.13. The molecule has 6 heteroatoms. The zero-order chi connectivity index (χ0) is 11.5. The SMILES string of the molecule is Cc1csc(SCC(NC2CC2)C(N)=O)n1. The van der Waals surface area contributed by atoms with Gasteiger partial charge in [0.05, 0.1) is 6.04 Å². The van der Waals surface area contributed by atoms with E-state index in [0.717, 1.165) is 22.9 Å². The van der Waals surface area contributed by atoms with E-state index in [2.05, 4.69) is 10.3 Å². The monoisotopic (exact) mass is 257 g/mol. The number of carbonyl (C=O) groups is 1. The quantitative estimate of drug-likeness (QED) is 0.750. The lowest BCUT2D eigenvalue weighted by atomic mass is 10.3. The highest BCUT2D eigenvalue weighted by molar-refractivity contribution is 8.01. The van der Waals surface area contributed by atoms with Gasteiger partial charge < -0.3 is 11.1 Å². The number of rotatable bonds is 6. The maximum Gasteiger partial charge on any atom is 0.235 e. The molecule has 1 aliphatic rings. The highest BCUT2D eigenvalue weighted by Crippen LogP contribution is 2.24. The fourth-order valence-electron chi connectivity index (χ4n) is 1.30. The van der Waals surface area contributed by atoms with Crippen molar-refractivity contribution in [2.45, 2.75) is 36.2 Å². The van der Waals surface area contributed by atoms with Crippen molar-refractivity contribution < 1.29 is 4.79 Å². The first-order valence-corrected chi connectivity index (χ1v) is 7.12. The molecule has 0 aliphatic heterocycles. The van der Waals surface area contributed by atoms with E-state index in [1.165, 1.54) is 0 Å². The van der Waals surface area contributed by atoms with Gasteiger partial charge in [0.25, 0.3) is 0 Å². The molecule has 16 heavy (non-hydrogen) atoms. The lowest BCUT2D eigenvalue weighted by Crippen LogP contribution is -2.44. The van der Waals surface area contributed by atoms with E-state index in [9.17, 15) is 4.79 Å². The molecule has 1 fully saturated rings. The van der Waals surface area contributed by atoms with Gasteiger partial charge in [-0.05, 0) is 19.8 Å². The molecule has 1 heterocycles. The summed E-state index contributed by atoms with van der Waals surface area (Å²) >= 11 is 3.20. The Morgan fingerprint density at radius 2 is 2.56 bits per heavy atom. The predicted molar refractivity (Wildman–Crippen MR) is 66.7 cm³/mol. The zero-order valence-electron chi connectivity index (χ0n) is 9.10. The molecular weight excluding hydrogens is 242 g/mol. The summed E-state index contributed by atoms with van der Waals surface area (Å²) in [6, 6.07) is 0.262. The number of aromatic nitrogens is 1. The van der Waals surface area contributed by atoms with E-state index in [1.807, 2.05) is 12.3 Å². The maximum atomic E-state index is 11.2. The molecule has 1 aromatic rings. The van der Waals surface area contributed by atoms with Crippen LogP contribution in [0.3, 0.4) is 0 Å². The van der Waals surface area contributed by atoms with Crippen molar-refractivity contribution in [3.63, 3.8) is 0 Å². The average molecular weight is 257 g/mol. The first-order valence-electron chi connectivity index (χ1n) is 5.25. The lowest BCUT2D eigenvalue weighted by molar-refractivity contribution is -0.119. The van der Waals surface area contributed by atoms with Gasteiger partial charge in [0.1, 0.15) is 4.34 Å². The molecule has 1 saturated carbocycles. The Morgan fingerprint density at radius 3 is 3.06 bits per heavy atom. The summed E-state index contributed by atoms with van der Waals surface area (Å²) in [4.78, 5) is 15.6. The number of nitrogens with one attached hydrogen (secondary N) is 1. The highest BCUT2D eigenvalue weighted by Gasteiger charge is 2.27. The summed E-state index contributed by atoms with van der Waals surface area (Å²) in [6.07, 6.45) is 2.32. The predicted octanol–water partition coefficient (Wildman–Crippen LogP) is 1.15. The van der Waals surface area contributed by atoms with Gasteiger partial charge in [-0.2, -0.15) is 0 Å². The maximum absolute atomic E-state index is 11.2. The van der Waals surface area contributed by atoms with Crippen LogP contribution in [0.4, 0.5) is 0 Å². The second-order valence-electron chi connectivity index (χ2n) is 3.96. The molecule has 1 unspecified atom stereocenters. The summed E-state index contributed by atoms with van der Waals surface area (Å²) in [5.74, 6) is 0.395. The molecule has 88 valence electrons. The van der Waals surface area contributed by atoms with Crippen LogP contribution in [0.15, 0.2) is 9.72 Å². The standard InChI is InChI=1S/C10H15N3OS2/c1-6-4-15-10(12-6)16-5-8(9(11)14)13-7-2-3-7/h4,7-8,13H,2-3,5H2,1H3,(H2,11,14). The number of aryl methyl sites for hydroxylation is 1. The number of nitrogens with two attached hydrogens (primary N) is 1. The number of thiazole rings is 1. The summed E-state index contributed by atoms with van der Waals surface area (Å²) in [7, 11) is 0. The Kier molecular flexibility index (Phi) is 3.83. The van der Waals surface area contributed by atoms with E-state index >= 15 is 0 Å². The molecule has 2 rings (SSSR count). The van der Waals surface area contributed by atoms with Crippen LogP contribution < -0.4 is 11.1 Å². The second-order valence-corrected chi connectivity index (χ2v) is 6.09. The van der Waals surface area contributed by atoms with Crippen molar-refractivity contribution >= 4 is 29.0 Å². The summed E-state index contributed by atoms with van der Waals surface area (Å²) in [5.41, 5.74) is 6.38. The normalized spacial score (nSPS) is 17.3. The molecule has 3 N–H and O–H groups in total. The van der Waals surface area contributed by atoms with Gasteiger partial charge in [-0.3, -0.25) is 4.79 Å². The van der Waals surface area contributed by atoms with Crippen LogP contribution in [-0.4, -0.2) is 28.7 Å². The van der Waals surface area contributed by atoms with Gasteiger partial charge in [-0.25, -0.2) is 4.98 Å². The molecule has 0 spiro atoms. The van der Waals surface area contributed by atoms with E-state index in [1.54, 1.807) is 23.1 Å². The number of amides is 1. The van der Waals surface area contributed by atoms with Crippen LogP contribution in [0.25, 0.3) is 0 Å². The Hall–Kier alpha value is -0.590. The van der Waals surface area contributed by atoms with Crippen molar-refractivity contribution in [3.05, 3.63) is 11.1 Å². The molecule has 0 radical (unpaired) electrons. The van der Waals surface area contributed by atoms with Gasteiger partial charge >= 0.3 is 0 Å². The van der Waals surface area contributed by atoms with Crippen molar-refractivity contribution in [1.82, 2.24) is 10.3 Å². The molecule has 1 aromatic heterocycles. The number of hydrogen-bond donors (Lipinski definition) is 2. The van der Waals surface area contributed by atoms with Crippen LogP contribution >= 0.6 is 23.1 Å². The van der Waals surface area contributed by atoms with Gasteiger partial charge in [0.15, 0.2) is 0 Å². The summed E-state index contributed by atoms with van der Waals surface area (Å²) in [5, 5.41) is 5.26. The van der Waals surface area contributed by atoms with E-state index in [-0.39, 0.29) is 11.9 Å². The molecule has 0 aromatic carbocycles. The van der Waals surface area contributed by atoms with Gasteiger partial charge in [-0.1, -0.05) is 11.8 Å². The third kappa shape index (κ3) is 3.47. The third-order valence-corrected chi connectivity index (χ3v) is 4.56. The number of thioether (sulfide) groups is 1. The minimum atomic E-state index is -0.271. The van der Waals surface area contributed by atoms with E-state index < -0.39 is 0 Å². The molecule has 1 atom stereocenters. The average Bonchev–Trinajstić information content (AvgIpc) is 2.95. The second kappa shape index (κ2) is 5.16. The Balaban J connectivity index is 1.83. The van der Waals surface area contributed by atoms with E-state index in [0.29, 0.717) is 11.8 Å². The smallest absolute Gasteiger partial charge is 0.235 e. The summed E-state index contributed by atoms with van der Waals surface area (Å²) < 4.78 is 1.00. The largest absolute Gasteiger partial charge is 0.368 e. The van der Waals surface area contributed by atoms with E-state index in [4.69, 9.17) is 5.73 Å². The molecule has 0 bridgehead atoms. The van der Waals surface area contributed by atoms with Gasteiger partial charge in [0, 0.05) is 22.9 Å². The number of primary amides is 1. The van der Waals surface area contributed by atoms with Crippen molar-refractivity contribution in [2.24, 2.45) is 5.73 Å². The molecule has 0 saturated heterocycles. The number of carbonyl (C=O) groups excluding carboxylic acids is 1. The fourth-order valence-corrected chi connectivity index (χ4v) is 3.22. The Bertz CT molecular complexity index is 376. The van der Waals surface area contributed by atoms with Crippen LogP contribution in [0.5, 0.6) is 0 Å². The summed E-state index contributed by atoms with van der Waals surface area (Å²) in [6.45, 7) is 1.97. The van der Waals surface area contributed by atoms with Gasteiger partial charge in [0.2, 0.25) is 5.91 Å². The third-order valence-electron chi connectivity index (χ3n) is 2.33. The molecule has 4 nitrogen and oxygen atoms in total.